The lowest BCUT2D eigenvalue weighted by Crippen LogP contribution is -2.42. The average molecular weight is 370 g/mol. The summed E-state index contributed by atoms with van der Waals surface area (Å²) in [7, 11) is 0. The van der Waals surface area contributed by atoms with Crippen molar-refractivity contribution >= 4 is 41.0 Å². The van der Waals surface area contributed by atoms with E-state index in [2.05, 4.69) is 5.32 Å². The number of urea groups is 1. The van der Waals surface area contributed by atoms with Crippen molar-refractivity contribution in [1.82, 2.24) is 15.1 Å². The second-order valence-corrected chi connectivity index (χ2v) is 6.78. The van der Waals surface area contributed by atoms with E-state index < -0.39 is 0 Å². The highest BCUT2D eigenvalue weighted by atomic mass is 35.5. The van der Waals surface area contributed by atoms with Crippen LogP contribution < -0.4 is 5.32 Å². The predicted molar refractivity (Wildman–Crippen MR) is 90.0 cm³/mol. The van der Waals surface area contributed by atoms with Crippen LogP contribution in [0.5, 0.6) is 0 Å². The van der Waals surface area contributed by atoms with Crippen LogP contribution in [0.4, 0.5) is 4.79 Å². The summed E-state index contributed by atoms with van der Waals surface area (Å²) < 4.78 is 0. The van der Waals surface area contributed by atoms with Crippen molar-refractivity contribution in [3.63, 3.8) is 0 Å². The average Bonchev–Trinajstić information content (AvgIpc) is 3.13. The van der Waals surface area contributed by atoms with Crippen LogP contribution in [0, 0.1) is 0 Å². The topological polar surface area (TPSA) is 69.7 Å². The highest BCUT2D eigenvalue weighted by Gasteiger charge is 2.39. The summed E-state index contributed by atoms with van der Waals surface area (Å²) in [6.45, 7) is 0.986. The van der Waals surface area contributed by atoms with Gasteiger partial charge in [0.1, 0.15) is 0 Å². The van der Waals surface area contributed by atoms with E-state index in [9.17, 15) is 14.4 Å². The smallest absolute Gasteiger partial charge is 0.324 e. The van der Waals surface area contributed by atoms with Gasteiger partial charge in [0.25, 0.3) is 0 Å². The number of hydrogen-bond acceptors (Lipinski definition) is 3. The Kier molecular flexibility index (Phi) is 4.96. The maximum absolute atomic E-state index is 12.4. The Morgan fingerprint density at radius 1 is 1.29 bits per heavy atom. The van der Waals surface area contributed by atoms with E-state index in [0.717, 1.165) is 5.56 Å². The lowest BCUT2D eigenvalue weighted by atomic mass is 10.1. The molecule has 1 unspecified atom stereocenters. The van der Waals surface area contributed by atoms with E-state index in [1.165, 1.54) is 4.90 Å². The molecule has 1 atom stereocenters. The Hall–Kier alpha value is -1.79. The minimum absolute atomic E-state index is 0.00410. The predicted octanol–water partition coefficient (Wildman–Crippen LogP) is 2.08. The fraction of sp³-hybridized carbons (Fsp3) is 0.438. The molecular formula is C16H17Cl2N3O3. The number of aryl methyl sites for hydroxylation is 1. The molecule has 2 aliphatic rings. The molecule has 4 amide bonds. The Morgan fingerprint density at radius 3 is 2.75 bits per heavy atom. The normalized spacial score (nSPS) is 20.7. The Bertz CT molecular complexity index is 679. The number of rotatable bonds is 4. The number of hydrogen-bond donors (Lipinski definition) is 1. The second kappa shape index (κ2) is 6.99. The van der Waals surface area contributed by atoms with Gasteiger partial charge in [-0.3, -0.25) is 14.5 Å². The van der Waals surface area contributed by atoms with Gasteiger partial charge in [-0.2, -0.15) is 0 Å². The van der Waals surface area contributed by atoms with Crippen molar-refractivity contribution in [3.05, 3.63) is 33.8 Å². The molecule has 0 aromatic heterocycles. The maximum atomic E-state index is 12.4. The van der Waals surface area contributed by atoms with Crippen LogP contribution in [0.1, 0.15) is 18.4 Å². The van der Waals surface area contributed by atoms with Crippen LogP contribution in [0.3, 0.4) is 0 Å². The van der Waals surface area contributed by atoms with Gasteiger partial charge in [-0.25, -0.2) is 4.79 Å². The molecule has 3 rings (SSSR count). The molecule has 6 nitrogen and oxygen atoms in total. The molecule has 8 heteroatoms. The standard InChI is InChI=1S/C16H17Cl2N3O3/c17-11-3-1-10(13(18)7-11)2-4-14(22)20-6-5-12(9-20)21-15(23)8-19-16(21)24/h1,3,7,12H,2,4-6,8-9H2,(H,19,24). The van der Waals surface area contributed by atoms with Gasteiger partial charge in [-0.15, -0.1) is 0 Å². The molecule has 24 heavy (non-hydrogen) atoms. The first-order chi connectivity index (χ1) is 11.5. The third-order valence-electron chi connectivity index (χ3n) is 4.38. The number of amides is 4. The molecule has 1 aromatic carbocycles. The molecule has 2 aliphatic heterocycles. The quantitative estimate of drug-likeness (QED) is 0.826. The minimum Gasteiger partial charge on any atom is -0.341 e. The molecule has 0 aliphatic carbocycles. The molecule has 0 bridgehead atoms. The van der Waals surface area contributed by atoms with E-state index in [-0.39, 0.29) is 30.4 Å². The van der Waals surface area contributed by atoms with Crippen molar-refractivity contribution in [3.8, 4) is 0 Å². The number of nitrogens with zero attached hydrogens (tertiary/aromatic N) is 2. The zero-order chi connectivity index (χ0) is 17.3. The lowest BCUT2D eigenvalue weighted by molar-refractivity contribution is -0.131. The largest absolute Gasteiger partial charge is 0.341 e. The third-order valence-corrected chi connectivity index (χ3v) is 4.97. The maximum Gasteiger partial charge on any atom is 0.324 e. The first-order valence-corrected chi connectivity index (χ1v) is 8.53. The van der Waals surface area contributed by atoms with Gasteiger partial charge < -0.3 is 10.2 Å². The minimum atomic E-state index is -0.368. The van der Waals surface area contributed by atoms with Gasteiger partial charge >= 0.3 is 6.03 Å². The molecule has 2 saturated heterocycles. The van der Waals surface area contributed by atoms with Crippen molar-refractivity contribution in [1.29, 1.82) is 0 Å². The van der Waals surface area contributed by atoms with Crippen LogP contribution in [0.15, 0.2) is 18.2 Å². The second-order valence-electron chi connectivity index (χ2n) is 5.94. The fourth-order valence-electron chi connectivity index (χ4n) is 3.11. The summed E-state index contributed by atoms with van der Waals surface area (Å²) in [5.41, 5.74) is 0.874. The Morgan fingerprint density at radius 2 is 2.08 bits per heavy atom. The Balaban J connectivity index is 1.55. The first-order valence-electron chi connectivity index (χ1n) is 7.77. The van der Waals surface area contributed by atoms with Crippen molar-refractivity contribution < 1.29 is 14.4 Å². The molecule has 0 saturated carbocycles. The van der Waals surface area contributed by atoms with Crippen molar-refractivity contribution in [2.75, 3.05) is 19.6 Å². The van der Waals surface area contributed by atoms with E-state index in [0.29, 0.717) is 42.4 Å². The summed E-state index contributed by atoms with van der Waals surface area (Å²) in [5.74, 6) is -0.234. The fourth-order valence-corrected chi connectivity index (χ4v) is 3.61. The molecule has 1 aromatic rings. The Labute approximate surface area is 149 Å². The molecule has 2 fully saturated rings. The molecule has 0 radical (unpaired) electrons. The number of benzene rings is 1. The summed E-state index contributed by atoms with van der Waals surface area (Å²) in [4.78, 5) is 38.7. The molecule has 2 heterocycles. The van der Waals surface area contributed by atoms with Gasteiger partial charge in [0.05, 0.1) is 12.6 Å². The van der Waals surface area contributed by atoms with Gasteiger partial charge in [-0.1, -0.05) is 29.3 Å². The summed E-state index contributed by atoms with van der Waals surface area (Å²) in [6.07, 6.45) is 1.47. The third kappa shape index (κ3) is 3.49. The number of nitrogens with one attached hydrogen (secondary N) is 1. The summed E-state index contributed by atoms with van der Waals surface area (Å²) in [5, 5.41) is 3.62. The zero-order valence-corrected chi connectivity index (χ0v) is 14.4. The van der Waals surface area contributed by atoms with E-state index in [1.807, 2.05) is 6.07 Å². The highest BCUT2D eigenvalue weighted by Crippen LogP contribution is 2.23. The van der Waals surface area contributed by atoms with Gasteiger partial charge in [0.15, 0.2) is 0 Å². The summed E-state index contributed by atoms with van der Waals surface area (Å²) >= 11 is 12.0. The van der Waals surface area contributed by atoms with Crippen LogP contribution in [0.25, 0.3) is 0 Å². The van der Waals surface area contributed by atoms with Gasteiger partial charge in [0, 0.05) is 29.6 Å². The molecule has 128 valence electrons. The van der Waals surface area contributed by atoms with Crippen LogP contribution in [-0.2, 0) is 16.0 Å². The number of carbonyl (C=O) groups excluding carboxylic acids is 3. The number of halogens is 2. The number of carbonyl (C=O) groups is 3. The van der Waals surface area contributed by atoms with Crippen LogP contribution in [0.2, 0.25) is 10.0 Å². The molecule has 0 spiro atoms. The molecular weight excluding hydrogens is 353 g/mol. The van der Waals surface area contributed by atoms with E-state index in [1.54, 1.807) is 17.0 Å². The van der Waals surface area contributed by atoms with Crippen molar-refractivity contribution in [2.24, 2.45) is 0 Å². The van der Waals surface area contributed by atoms with Gasteiger partial charge in [-0.05, 0) is 30.5 Å². The van der Waals surface area contributed by atoms with Gasteiger partial charge in [0.2, 0.25) is 11.8 Å². The van der Waals surface area contributed by atoms with E-state index >= 15 is 0 Å². The lowest BCUT2D eigenvalue weighted by Gasteiger charge is -2.21. The SMILES string of the molecule is O=C(CCc1ccc(Cl)cc1Cl)N1CCC(N2C(=O)CNC2=O)C1. The zero-order valence-electron chi connectivity index (χ0n) is 12.9. The van der Waals surface area contributed by atoms with Crippen LogP contribution >= 0.6 is 23.2 Å². The van der Waals surface area contributed by atoms with Crippen LogP contribution in [-0.4, -0.2) is 53.3 Å². The summed E-state index contributed by atoms with van der Waals surface area (Å²) in [6, 6.07) is 4.62. The first kappa shape index (κ1) is 17.0. The van der Waals surface area contributed by atoms with Crippen molar-refractivity contribution in [2.45, 2.75) is 25.3 Å². The number of likely N-dealkylation sites (tertiary alicyclic amines) is 1. The highest BCUT2D eigenvalue weighted by molar-refractivity contribution is 6.35. The molecule has 1 N–H and O–H groups in total. The number of imide groups is 1. The monoisotopic (exact) mass is 369 g/mol. The van der Waals surface area contributed by atoms with E-state index in [4.69, 9.17) is 23.2 Å².